The van der Waals surface area contributed by atoms with Crippen molar-refractivity contribution in [3.8, 4) is 11.5 Å². The lowest BCUT2D eigenvalue weighted by Gasteiger charge is -2.12. The topological polar surface area (TPSA) is 35.5 Å². The van der Waals surface area contributed by atoms with Crippen molar-refractivity contribution >= 4 is 21.7 Å². The monoisotopic (exact) mass is 334 g/mol. The Morgan fingerprint density at radius 1 is 1.10 bits per heavy atom. The van der Waals surface area contributed by atoms with Crippen LogP contribution in [0.4, 0.5) is 0 Å². The number of hydrogen-bond donors (Lipinski definition) is 0. The van der Waals surface area contributed by atoms with E-state index in [0.29, 0.717) is 27.1 Å². The number of ether oxygens (including phenoxy) is 2. The number of hydrogen-bond acceptors (Lipinski definition) is 3. The van der Waals surface area contributed by atoms with Crippen molar-refractivity contribution in [1.29, 1.82) is 0 Å². The van der Waals surface area contributed by atoms with Gasteiger partial charge in [0.15, 0.2) is 5.78 Å². The van der Waals surface area contributed by atoms with Crippen LogP contribution in [0.2, 0.25) is 0 Å². The maximum absolute atomic E-state index is 12.6. The van der Waals surface area contributed by atoms with Gasteiger partial charge in [-0.25, -0.2) is 0 Å². The molecular weight excluding hydrogens is 320 g/mol. The molecule has 3 nitrogen and oxygen atoms in total. The third-order valence-electron chi connectivity index (χ3n) is 2.99. The molecule has 0 radical (unpaired) electrons. The minimum atomic E-state index is -0.0833. The Balaban J connectivity index is 2.54. The first-order chi connectivity index (χ1) is 9.56. The molecule has 0 bridgehead atoms. The van der Waals surface area contributed by atoms with E-state index in [9.17, 15) is 4.79 Å². The molecule has 104 valence electrons. The fourth-order valence-corrected chi connectivity index (χ4v) is 2.59. The van der Waals surface area contributed by atoms with E-state index < -0.39 is 0 Å². The molecular formula is C16H15BrO3. The van der Waals surface area contributed by atoms with E-state index in [4.69, 9.17) is 9.47 Å². The summed E-state index contributed by atoms with van der Waals surface area (Å²) in [7, 11) is 3.11. The van der Waals surface area contributed by atoms with Crippen molar-refractivity contribution in [2.24, 2.45) is 0 Å². The van der Waals surface area contributed by atoms with Gasteiger partial charge in [-0.15, -0.1) is 0 Å². The minimum Gasteiger partial charge on any atom is -0.497 e. The van der Waals surface area contributed by atoms with Gasteiger partial charge in [0.25, 0.3) is 0 Å². The second-order valence-corrected chi connectivity index (χ2v) is 5.24. The second-order valence-electron chi connectivity index (χ2n) is 4.39. The lowest BCUT2D eigenvalue weighted by Crippen LogP contribution is -2.06. The predicted octanol–water partition coefficient (Wildman–Crippen LogP) is 4.01. The van der Waals surface area contributed by atoms with Crippen LogP contribution in [0.5, 0.6) is 11.5 Å². The molecule has 0 aliphatic carbocycles. The van der Waals surface area contributed by atoms with E-state index in [1.165, 1.54) is 7.11 Å². The number of carbonyl (C=O) groups is 1. The molecule has 0 N–H and O–H groups in total. The van der Waals surface area contributed by atoms with Gasteiger partial charge < -0.3 is 9.47 Å². The summed E-state index contributed by atoms with van der Waals surface area (Å²) < 4.78 is 11.1. The zero-order chi connectivity index (χ0) is 14.7. The van der Waals surface area contributed by atoms with Gasteiger partial charge in [-0.2, -0.15) is 0 Å². The van der Waals surface area contributed by atoms with Gasteiger partial charge in [-0.3, -0.25) is 4.79 Å². The smallest absolute Gasteiger partial charge is 0.197 e. The first kappa shape index (κ1) is 14.6. The van der Waals surface area contributed by atoms with Crippen LogP contribution in [0.25, 0.3) is 0 Å². The molecule has 0 aliphatic heterocycles. The second kappa shape index (κ2) is 6.09. The third kappa shape index (κ3) is 2.85. The average molecular weight is 335 g/mol. The molecule has 0 fully saturated rings. The molecule has 20 heavy (non-hydrogen) atoms. The lowest BCUT2D eigenvalue weighted by molar-refractivity contribution is 0.103. The summed E-state index contributed by atoms with van der Waals surface area (Å²) >= 11 is 3.42. The average Bonchev–Trinajstić information content (AvgIpc) is 2.45. The van der Waals surface area contributed by atoms with Gasteiger partial charge in [-0.05, 0) is 35.0 Å². The summed E-state index contributed by atoms with van der Waals surface area (Å²) in [5.74, 6) is 1.04. The van der Waals surface area contributed by atoms with E-state index >= 15 is 0 Å². The molecule has 0 aliphatic rings. The number of benzene rings is 2. The summed E-state index contributed by atoms with van der Waals surface area (Å²) in [6, 6.07) is 10.9. The number of methoxy groups -OCH3 is 2. The quantitative estimate of drug-likeness (QED) is 0.792. The number of rotatable bonds is 4. The Hall–Kier alpha value is -1.81. The van der Waals surface area contributed by atoms with Crippen LogP contribution in [0, 0.1) is 6.92 Å². The lowest BCUT2D eigenvalue weighted by atomic mass is 10.0. The molecule has 0 spiro atoms. The van der Waals surface area contributed by atoms with E-state index in [2.05, 4.69) is 15.9 Å². The van der Waals surface area contributed by atoms with E-state index in [0.717, 1.165) is 5.56 Å². The van der Waals surface area contributed by atoms with Gasteiger partial charge in [0, 0.05) is 16.1 Å². The fourth-order valence-electron chi connectivity index (χ4n) is 1.99. The maximum Gasteiger partial charge on any atom is 0.197 e. The third-order valence-corrected chi connectivity index (χ3v) is 3.62. The molecule has 4 heteroatoms. The van der Waals surface area contributed by atoms with Crippen molar-refractivity contribution in [2.75, 3.05) is 14.2 Å². The highest BCUT2D eigenvalue weighted by molar-refractivity contribution is 9.10. The zero-order valence-corrected chi connectivity index (χ0v) is 13.2. The highest BCUT2D eigenvalue weighted by Gasteiger charge is 2.19. The molecule has 2 rings (SSSR count). The van der Waals surface area contributed by atoms with Crippen molar-refractivity contribution in [3.63, 3.8) is 0 Å². The zero-order valence-electron chi connectivity index (χ0n) is 11.6. The Bertz CT molecular complexity index is 650. The van der Waals surface area contributed by atoms with Gasteiger partial charge in [0.05, 0.1) is 19.8 Å². The molecule has 0 saturated carbocycles. The van der Waals surface area contributed by atoms with Gasteiger partial charge >= 0.3 is 0 Å². The molecule has 0 amide bonds. The molecule has 0 heterocycles. The fraction of sp³-hybridized carbons (Fsp3) is 0.188. The Morgan fingerprint density at radius 2 is 1.85 bits per heavy atom. The predicted molar refractivity (Wildman–Crippen MR) is 81.9 cm³/mol. The van der Waals surface area contributed by atoms with Crippen LogP contribution in [-0.2, 0) is 0 Å². The Kier molecular flexibility index (Phi) is 4.45. The van der Waals surface area contributed by atoms with Crippen molar-refractivity contribution in [2.45, 2.75) is 6.92 Å². The van der Waals surface area contributed by atoms with Crippen LogP contribution in [0.1, 0.15) is 21.5 Å². The van der Waals surface area contributed by atoms with Crippen molar-refractivity contribution in [1.82, 2.24) is 0 Å². The van der Waals surface area contributed by atoms with E-state index in [1.54, 1.807) is 25.3 Å². The number of ketones is 1. The summed E-state index contributed by atoms with van der Waals surface area (Å²) in [6.45, 7) is 1.96. The Morgan fingerprint density at radius 3 is 2.45 bits per heavy atom. The molecule has 0 saturated heterocycles. The van der Waals surface area contributed by atoms with Crippen LogP contribution >= 0.6 is 15.9 Å². The molecule has 2 aromatic rings. The summed E-state index contributed by atoms with van der Waals surface area (Å²) in [6.07, 6.45) is 0. The highest BCUT2D eigenvalue weighted by Crippen LogP contribution is 2.34. The molecule has 0 atom stereocenters. The van der Waals surface area contributed by atoms with Crippen LogP contribution < -0.4 is 9.47 Å². The Labute approximate surface area is 126 Å². The van der Waals surface area contributed by atoms with Gasteiger partial charge in [0.1, 0.15) is 11.5 Å². The summed E-state index contributed by atoms with van der Waals surface area (Å²) in [4.78, 5) is 12.6. The van der Waals surface area contributed by atoms with Crippen LogP contribution in [-0.4, -0.2) is 20.0 Å². The standard InChI is InChI=1S/C16H15BrO3/c1-10-5-4-6-11(7-10)16(18)15-13(17)8-12(19-2)9-14(15)20-3/h4-9H,1-3H3. The number of aryl methyl sites for hydroxylation is 1. The van der Waals surface area contributed by atoms with E-state index in [-0.39, 0.29) is 5.78 Å². The van der Waals surface area contributed by atoms with E-state index in [1.807, 2.05) is 25.1 Å². The van der Waals surface area contributed by atoms with Gasteiger partial charge in [0.2, 0.25) is 0 Å². The molecule has 0 aromatic heterocycles. The summed E-state index contributed by atoms with van der Waals surface area (Å²) in [5, 5.41) is 0. The number of carbonyl (C=O) groups excluding carboxylic acids is 1. The SMILES string of the molecule is COc1cc(Br)c(C(=O)c2cccc(C)c2)c(OC)c1. The highest BCUT2D eigenvalue weighted by atomic mass is 79.9. The minimum absolute atomic E-state index is 0.0833. The van der Waals surface area contributed by atoms with Gasteiger partial charge in [-0.1, -0.05) is 23.8 Å². The maximum atomic E-state index is 12.6. The normalized spacial score (nSPS) is 10.2. The largest absolute Gasteiger partial charge is 0.497 e. The molecule has 2 aromatic carbocycles. The summed E-state index contributed by atoms with van der Waals surface area (Å²) in [5.41, 5.74) is 2.17. The molecule has 0 unspecified atom stereocenters. The van der Waals surface area contributed by atoms with Crippen molar-refractivity contribution in [3.05, 3.63) is 57.6 Å². The van der Waals surface area contributed by atoms with Crippen LogP contribution in [0.15, 0.2) is 40.9 Å². The van der Waals surface area contributed by atoms with Crippen molar-refractivity contribution < 1.29 is 14.3 Å². The van der Waals surface area contributed by atoms with Crippen LogP contribution in [0.3, 0.4) is 0 Å². The first-order valence-corrected chi connectivity index (χ1v) is 6.89. The first-order valence-electron chi connectivity index (χ1n) is 6.09. The number of halogens is 1.